The molecule has 3 aromatic rings. The van der Waals surface area contributed by atoms with E-state index >= 15 is 0 Å². The Morgan fingerprint density at radius 1 is 1.27 bits per heavy atom. The minimum atomic E-state index is -3.96. The van der Waals surface area contributed by atoms with Gasteiger partial charge in [0, 0.05) is 10.8 Å². The molecule has 1 aliphatic rings. The van der Waals surface area contributed by atoms with Crippen molar-refractivity contribution in [3.63, 3.8) is 0 Å². The van der Waals surface area contributed by atoms with Crippen molar-refractivity contribution in [3.05, 3.63) is 53.6 Å². The molecule has 0 saturated heterocycles. The Morgan fingerprint density at radius 3 is 2.76 bits per heavy atom. The summed E-state index contributed by atoms with van der Waals surface area (Å²) in [4.78, 5) is 13.1. The lowest BCUT2D eigenvalue weighted by Crippen LogP contribution is -2.48. The topological polar surface area (TPSA) is 101 Å². The van der Waals surface area contributed by atoms with Gasteiger partial charge in [0.1, 0.15) is 5.75 Å². The van der Waals surface area contributed by atoms with E-state index in [1.807, 2.05) is 0 Å². The molecule has 1 aromatic heterocycles. The number of ether oxygens (including phenoxy) is 1. The fourth-order valence-electron chi connectivity index (χ4n) is 3.05. The second-order valence-electron chi connectivity index (χ2n) is 7.63. The zero-order valence-corrected chi connectivity index (χ0v) is 21.0. The van der Waals surface area contributed by atoms with Crippen LogP contribution >= 0.6 is 34.7 Å². The Kier molecular flexibility index (Phi) is 7.13. The molecule has 0 unspecified atom stereocenters. The summed E-state index contributed by atoms with van der Waals surface area (Å²) in [7, 11) is -3.96. The normalized spacial score (nSPS) is 15.8. The van der Waals surface area contributed by atoms with E-state index in [2.05, 4.69) is 29.4 Å². The molecule has 33 heavy (non-hydrogen) atoms. The van der Waals surface area contributed by atoms with Crippen LogP contribution in [-0.4, -0.2) is 42.9 Å². The second-order valence-corrected chi connectivity index (χ2v) is 12.2. The smallest absolute Gasteiger partial charge is 0.269 e. The lowest BCUT2D eigenvalue weighted by molar-refractivity contribution is -0.122. The van der Waals surface area contributed by atoms with E-state index in [0.717, 1.165) is 14.4 Å². The molecular formula is C21H21ClN4O4S3. The van der Waals surface area contributed by atoms with Crippen LogP contribution < -0.4 is 14.4 Å². The first-order valence-corrected chi connectivity index (χ1v) is 13.7. The van der Waals surface area contributed by atoms with E-state index in [-0.39, 0.29) is 22.9 Å². The first-order valence-electron chi connectivity index (χ1n) is 10.0. The van der Waals surface area contributed by atoms with Crippen molar-refractivity contribution in [1.29, 1.82) is 0 Å². The lowest BCUT2D eigenvalue weighted by Gasteiger charge is -2.34. The molecule has 0 spiro atoms. The van der Waals surface area contributed by atoms with Crippen molar-refractivity contribution in [3.8, 4) is 5.75 Å². The first-order chi connectivity index (χ1) is 15.7. The number of anilines is 2. The van der Waals surface area contributed by atoms with Gasteiger partial charge in [-0.2, -0.15) is 0 Å². The number of nitrogens with one attached hydrogen (secondary N) is 1. The predicted molar refractivity (Wildman–Crippen MR) is 131 cm³/mol. The second kappa shape index (κ2) is 9.88. The van der Waals surface area contributed by atoms with Gasteiger partial charge in [0.25, 0.3) is 15.9 Å². The molecule has 0 aliphatic carbocycles. The number of halogens is 1. The highest BCUT2D eigenvalue weighted by molar-refractivity contribution is 8.01. The van der Waals surface area contributed by atoms with Crippen LogP contribution in [0, 0.1) is 5.92 Å². The van der Waals surface area contributed by atoms with E-state index in [1.165, 1.54) is 29.5 Å². The molecule has 4 rings (SSSR count). The van der Waals surface area contributed by atoms with Gasteiger partial charge >= 0.3 is 0 Å². The number of benzene rings is 2. The summed E-state index contributed by atoms with van der Waals surface area (Å²) in [5, 5.41) is 11.5. The number of amides is 1. The maximum absolute atomic E-state index is 13.4. The third-order valence-corrected chi connectivity index (χ3v) is 9.02. The van der Waals surface area contributed by atoms with Crippen molar-refractivity contribution in [2.24, 2.45) is 5.92 Å². The molecule has 2 aromatic carbocycles. The average molecular weight is 525 g/mol. The Hall–Kier alpha value is -2.34. The summed E-state index contributed by atoms with van der Waals surface area (Å²) in [6, 6.07) is 12.7. The maximum Gasteiger partial charge on any atom is 0.269 e. The third-order valence-electron chi connectivity index (χ3n) is 4.59. The zero-order chi connectivity index (χ0) is 23.6. The number of hydrogen-bond acceptors (Lipinski definition) is 8. The van der Waals surface area contributed by atoms with Gasteiger partial charge in [0.2, 0.25) is 5.13 Å². The third kappa shape index (κ3) is 5.43. The van der Waals surface area contributed by atoms with Crippen molar-refractivity contribution < 1.29 is 17.9 Å². The van der Waals surface area contributed by atoms with Crippen LogP contribution in [0.25, 0.3) is 0 Å². The van der Waals surface area contributed by atoms with Gasteiger partial charge in [0.15, 0.2) is 10.4 Å². The molecule has 0 bridgehead atoms. The average Bonchev–Trinajstić information content (AvgIpc) is 3.24. The molecule has 1 amide bonds. The van der Waals surface area contributed by atoms with Crippen LogP contribution in [0.2, 0.25) is 5.02 Å². The van der Waals surface area contributed by atoms with Gasteiger partial charge < -0.3 is 4.74 Å². The van der Waals surface area contributed by atoms with Gasteiger partial charge in [-0.15, -0.1) is 10.2 Å². The minimum absolute atomic E-state index is 0.105. The highest BCUT2D eigenvalue weighted by atomic mass is 35.5. The van der Waals surface area contributed by atoms with Crippen LogP contribution in [0.15, 0.2) is 57.8 Å². The summed E-state index contributed by atoms with van der Waals surface area (Å²) in [6.45, 7) is 4.00. The van der Waals surface area contributed by atoms with Gasteiger partial charge in [-0.25, -0.2) is 8.42 Å². The number of hydrogen-bond donors (Lipinski definition) is 1. The number of fused-ring (bicyclic) bond motifs is 1. The molecule has 1 atom stereocenters. The molecule has 1 N–H and O–H groups in total. The number of sulfonamides is 1. The van der Waals surface area contributed by atoms with Crippen molar-refractivity contribution >= 4 is 61.4 Å². The van der Waals surface area contributed by atoms with E-state index in [4.69, 9.17) is 16.3 Å². The Morgan fingerprint density at radius 2 is 2.03 bits per heavy atom. The largest absolute Gasteiger partial charge is 0.476 e. The van der Waals surface area contributed by atoms with Crippen molar-refractivity contribution in [2.75, 3.05) is 21.9 Å². The molecule has 0 radical (unpaired) electrons. The predicted octanol–water partition coefficient (Wildman–Crippen LogP) is 4.53. The van der Waals surface area contributed by atoms with E-state index in [0.29, 0.717) is 16.1 Å². The Labute approximate surface area is 205 Å². The zero-order valence-electron chi connectivity index (χ0n) is 17.8. The highest BCUT2D eigenvalue weighted by Crippen LogP contribution is 2.39. The molecule has 0 fully saturated rings. The van der Waals surface area contributed by atoms with Gasteiger partial charge in [-0.05, 0) is 36.2 Å². The molecule has 12 heteroatoms. The van der Waals surface area contributed by atoms with Crippen LogP contribution in [0.4, 0.5) is 10.8 Å². The van der Waals surface area contributed by atoms with Gasteiger partial charge in [0.05, 0.1) is 17.1 Å². The van der Waals surface area contributed by atoms with E-state index in [1.54, 1.807) is 42.1 Å². The molecule has 0 saturated carbocycles. The quantitative estimate of drug-likeness (QED) is 0.357. The summed E-state index contributed by atoms with van der Waals surface area (Å²) in [5.74, 6) is 1.12. The Bertz CT molecular complexity index is 1250. The van der Waals surface area contributed by atoms with Crippen LogP contribution in [0.5, 0.6) is 5.75 Å². The van der Waals surface area contributed by atoms with Crippen molar-refractivity contribution in [1.82, 2.24) is 10.2 Å². The number of rotatable bonds is 7. The molecule has 8 nitrogen and oxygen atoms in total. The fraction of sp³-hybridized carbons (Fsp3) is 0.286. The van der Waals surface area contributed by atoms with E-state index < -0.39 is 22.0 Å². The van der Waals surface area contributed by atoms with Crippen LogP contribution in [-0.2, 0) is 14.8 Å². The summed E-state index contributed by atoms with van der Waals surface area (Å²) >= 11 is 8.95. The molecule has 1 aliphatic heterocycles. The first kappa shape index (κ1) is 23.8. The summed E-state index contributed by atoms with van der Waals surface area (Å²) < 4.78 is 34.5. The van der Waals surface area contributed by atoms with Crippen LogP contribution in [0.3, 0.4) is 0 Å². The molecule has 174 valence electrons. The summed E-state index contributed by atoms with van der Waals surface area (Å²) in [5.41, 5.74) is 0.277. The number of thioether (sulfide) groups is 1. The maximum atomic E-state index is 13.4. The highest BCUT2D eigenvalue weighted by Gasteiger charge is 2.38. The lowest BCUT2D eigenvalue weighted by atomic mass is 10.2. The number of carbonyl (C=O) groups is 1. The standard InChI is InChI=1S/C21H21ClN4O4S3/c1-13(2)12-31-21-25-24-20(32-21)23-19(27)18-11-26(16-10-14(22)8-9-17(16)30-18)33(28,29)15-6-4-3-5-7-15/h3-10,13,18H,11-12H2,1-2H3,(H,23,24,27)/t18-/m1/s1. The van der Waals surface area contributed by atoms with Gasteiger partial charge in [-0.1, -0.05) is 66.7 Å². The number of aromatic nitrogens is 2. The van der Waals surface area contributed by atoms with Gasteiger partial charge in [-0.3, -0.25) is 14.4 Å². The Balaban J connectivity index is 1.58. The number of carbonyl (C=O) groups excluding carboxylic acids is 1. The van der Waals surface area contributed by atoms with Crippen LogP contribution in [0.1, 0.15) is 13.8 Å². The molecular weight excluding hydrogens is 504 g/mol. The van der Waals surface area contributed by atoms with E-state index in [9.17, 15) is 13.2 Å². The number of nitrogens with zero attached hydrogens (tertiary/aromatic N) is 3. The molecule has 2 heterocycles. The minimum Gasteiger partial charge on any atom is -0.476 e. The monoisotopic (exact) mass is 524 g/mol. The summed E-state index contributed by atoms with van der Waals surface area (Å²) in [6.07, 6.45) is -1.09. The fourth-order valence-corrected chi connectivity index (χ4v) is 6.44. The van der Waals surface area contributed by atoms with Crippen molar-refractivity contribution in [2.45, 2.75) is 29.2 Å². The SMILES string of the molecule is CC(C)CSc1nnc(NC(=O)[C@H]2CN(S(=O)(=O)c3ccccc3)c3cc(Cl)ccc3O2)s1.